The van der Waals surface area contributed by atoms with Gasteiger partial charge in [0.15, 0.2) is 0 Å². The Morgan fingerprint density at radius 1 is 1.62 bits per heavy atom. The van der Waals surface area contributed by atoms with E-state index in [4.69, 9.17) is 13.3 Å². The van der Waals surface area contributed by atoms with E-state index in [-0.39, 0.29) is 29.6 Å². The molecule has 0 fully saturated rings. The maximum absolute atomic E-state index is 8.56. The predicted octanol–water partition coefficient (Wildman–Crippen LogP) is -3.82. The van der Waals surface area contributed by atoms with Gasteiger partial charge in [-0.25, -0.2) is 4.21 Å². The molecule has 0 saturated heterocycles. The first-order chi connectivity index (χ1) is 3.15. The Morgan fingerprint density at radius 2 is 1.62 bits per heavy atom. The third-order valence-electron chi connectivity index (χ3n) is 0. The first kappa shape index (κ1) is 16.0. The van der Waals surface area contributed by atoms with Crippen LogP contribution < -0.4 is 34.9 Å². The van der Waals surface area contributed by atoms with Gasteiger partial charge < -0.3 is 14.4 Å². The van der Waals surface area contributed by atoms with Crippen molar-refractivity contribution in [1.82, 2.24) is 5.32 Å². The van der Waals surface area contributed by atoms with Crippen molar-refractivity contribution in [3.05, 3.63) is 0 Å². The molecular weight excluding hydrogens is 141 g/mol. The van der Waals surface area contributed by atoms with E-state index in [2.05, 4.69) is 5.32 Å². The Kier molecular flexibility index (Phi) is 31.4. The van der Waals surface area contributed by atoms with Crippen LogP contribution in [0.3, 0.4) is 0 Å². The second-order valence-electron chi connectivity index (χ2n) is 0.717. The summed E-state index contributed by atoms with van der Waals surface area (Å²) >= 11 is -2.86. The Balaban J connectivity index is -0.0000000575. The van der Waals surface area contributed by atoms with E-state index in [1.54, 1.807) is 0 Å². The summed E-state index contributed by atoms with van der Waals surface area (Å²) in [5, 5.41) is 2.75. The van der Waals surface area contributed by atoms with Gasteiger partial charge in [0.05, 0.1) is 11.4 Å². The zero-order valence-corrected chi connectivity index (χ0v) is 7.99. The van der Waals surface area contributed by atoms with Gasteiger partial charge in [0.2, 0.25) is 0 Å². The van der Waals surface area contributed by atoms with Gasteiger partial charge in [-0.2, -0.15) is 0 Å². The normalized spacial score (nSPS) is 10.0. The second-order valence-corrected chi connectivity index (χ2v) is 1.15. The standard InChI is InChI=1S/C2H7N.Na.H2O3S/c1-3-2;;1-4(2)3/h3H,1-2H3;;(H2,1,2,3)/q;+1;/p-1. The van der Waals surface area contributed by atoms with Crippen LogP contribution in [0.5, 0.6) is 0 Å². The summed E-state index contributed by atoms with van der Waals surface area (Å²) in [6, 6.07) is 0. The predicted molar refractivity (Wildman–Crippen MR) is 26.5 cm³/mol. The van der Waals surface area contributed by atoms with Crippen LogP contribution in [-0.4, -0.2) is 27.4 Å². The first-order valence-electron chi connectivity index (χ1n) is 1.52. The fraction of sp³-hybridized carbons (Fsp3) is 1.00. The molecule has 0 aromatic carbocycles. The summed E-state index contributed by atoms with van der Waals surface area (Å²) in [6.45, 7) is 0. The Hall–Kier alpha value is 1.03. The number of hydrogen-bond acceptors (Lipinski definition) is 3. The molecule has 0 aliphatic carbocycles. The second kappa shape index (κ2) is 15.7. The number of hydrogen-bond donors (Lipinski definition) is 2. The molecule has 8 heavy (non-hydrogen) atoms. The van der Waals surface area contributed by atoms with Crippen molar-refractivity contribution in [3.8, 4) is 0 Å². The maximum atomic E-state index is 8.56. The molecule has 0 bridgehead atoms. The third kappa shape index (κ3) is 241. The Bertz CT molecular complexity index is 48.5. The minimum atomic E-state index is -2.86. The molecule has 0 saturated carbocycles. The molecule has 1 unspecified atom stereocenters. The van der Waals surface area contributed by atoms with Crippen LogP contribution in [0.1, 0.15) is 0 Å². The van der Waals surface area contributed by atoms with Crippen LogP contribution in [0, 0.1) is 0 Å². The quantitative estimate of drug-likeness (QED) is 0.273. The van der Waals surface area contributed by atoms with Crippen molar-refractivity contribution in [2.45, 2.75) is 0 Å². The van der Waals surface area contributed by atoms with Crippen molar-refractivity contribution in [1.29, 1.82) is 0 Å². The Labute approximate surface area is 73.5 Å². The zero-order chi connectivity index (χ0) is 6.28. The summed E-state index contributed by atoms with van der Waals surface area (Å²) in [5.74, 6) is 0. The molecule has 0 aromatic heterocycles. The molecule has 0 amide bonds. The monoisotopic (exact) mass is 149 g/mol. The van der Waals surface area contributed by atoms with Gasteiger partial charge in [-0.1, -0.05) is 0 Å². The van der Waals surface area contributed by atoms with Crippen LogP contribution in [0.15, 0.2) is 0 Å². The minimum absolute atomic E-state index is 0. The van der Waals surface area contributed by atoms with Gasteiger partial charge in [0.1, 0.15) is 0 Å². The summed E-state index contributed by atoms with van der Waals surface area (Å²) in [5.41, 5.74) is 0. The summed E-state index contributed by atoms with van der Waals surface area (Å²) in [7, 11) is 3.75. The maximum Gasteiger partial charge on any atom is 1.00 e. The van der Waals surface area contributed by atoms with Gasteiger partial charge in [0.25, 0.3) is 0 Å². The van der Waals surface area contributed by atoms with E-state index in [0.717, 1.165) is 0 Å². The molecule has 0 aromatic rings. The zero-order valence-electron chi connectivity index (χ0n) is 5.17. The number of rotatable bonds is 0. The SMILES string of the molecule is CNC.O=S([O-])O.[Na+]. The summed E-state index contributed by atoms with van der Waals surface area (Å²) in [4.78, 5) is 0. The third-order valence-corrected chi connectivity index (χ3v) is 0. The molecule has 6 heteroatoms. The molecular formula is C2H8NNaO3S. The van der Waals surface area contributed by atoms with Crippen molar-refractivity contribution in [3.63, 3.8) is 0 Å². The topological polar surface area (TPSA) is 72.4 Å². The van der Waals surface area contributed by atoms with Crippen molar-refractivity contribution < 1.29 is 42.9 Å². The van der Waals surface area contributed by atoms with Crippen LogP contribution in [0.4, 0.5) is 0 Å². The molecule has 1 atom stereocenters. The van der Waals surface area contributed by atoms with Crippen LogP contribution in [0.25, 0.3) is 0 Å². The largest absolute Gasteiger partial charge is 1.00 e. The van der Waals surface area contributed by atoms with Crippen LogP contribution in [0.2, 0.25) is 0 Å². The number of nitrogens with one attached hydrogen (secondary N) is 1. The first-order valence-corrected chi connectivity index (χ1v) is 2.55. The van der Waals surface area contributed by atoms with Crippen molar-refractivity contribution in [2.24, 2.45) is 0 Å². The van der Waals surface area contributed by atoms with Crippen LogP contribution >= 0.6 is 0 Å². The van der Waals surface area contributed by atoms with E-state index in [1.807, 2.05) is 14.1 Å². The van der Waals surface area contributed by atoms with E-state index in [9.17, 15) is 0 Å². The molecule has 0 heterocycles. The van der Waals surface area contributed by atoms with Crippen molar-refractivity contribution in [2.75, 3.05) is 14.1 Å². The Morgan fingerprint density at radius 3 is 1.62 bits per heavy atom. The van der Waals surface area contributed by atoms with E-state index in [0.29, 0.717) is 0 Å². The molecule has 0 rings (SSSR count). The average Bonchev–Trinajstić information content (AvgIpc) is 1.33. The van der Waals surface area contributed by atoms with Gasteiger partial charge in [-0.3, -0.25) is 0 Å². The van der Waals surface area contributed by atoms with E-state index < -0.39 is 11.4 Å². The van der Waals surface area contributed by atoms with E-state index >= 15 is 0 Å². The molecule has 46 valence electrons. The van der Waals surface area contributed by atoms with E-state index in [1.165, 1.54) is 0 Å². The van der Waals surface area contributed by atoms with Gasteiger partial charge >= 0.3 is 29.6 Å². The van der Waals surface area contributed by atoms with Gasteiger partial charge in [-0.15, -0.1) is 0 Å². The fourth-order valence-corrected chi connectivity index (χ4v) is 0. The molecule has 0 radical (unpaired) electrons. The van der Waals surface area contributed by atoms with Crippen LogP contribution in [-0.2, 0) is 11.4 Å². The molecule has 0 aliphatic heterocycles. The molecule has 0 aliphatic rings. The minimum Gasteiger partial charge on any atom is -0.750 e. The molecule has 2 N–H and O–H groups in total. The summed E-state index contributed by atoms with van der Waals surface area (Å²) in [6.07, 6.45) is 0. The van der Waals surface area contributed by atoms with Gasteiger partial charge in [0, 0.05) is 0 Å². The van der Waals surface area contributed by atoms with Gasteiger partial charge in [-0.05, 0) is 14.1 Å². The smallest absolute Gasteiger partial charge is 0.750 e. The fourth-order valence-electron chi connectivity index (χ4n) is 0. The molecule has 4 nitrogen and oxygen atoms in total. The van der Waals surface area contributed by atoms with Crippen molar-refractivity contribution >= 4 is 11.4 Å². The molecule has 0 spiro atoms. The average molecular weight is 149 g/mol. The summed E-state index contributed by atoms with van der Waals surface area (Å²) < 4.78 is 24.1.